The van der Waals surface area contributed by atoms with Gasteiger partial charge in [0.15, 0.2) is 5.70 Å². The van der Waals surface area contributed by atoms with Crippen LogP contribution in [0.4, 0.5) is 0 Å². The molecule has 7 nitrogen and oxygen atoms in total. The van der Waals surface area contributed by atoms with E-state index in [1.807, 2.05) is 20.8 Å². The van der Waals surface area contributed by atoms with E-state index < -0.39 is 34.7 Å². The predicted molar refractivity (Wildman–Crippen MR) is 121 cm³/mol. The van der Waals surface area contributed by atoms with E-state index in [1.54, 1.807) is 49.1 Å². The number of carbonyl (C=O) groups excluding carboxylic acids is 2. The highest BCUT2D eigenvalue weighted by Gasteiger charge is 2.54. The molecule has 0 fully saturated rings. The number of nitrogens with one attached hydrogen (secondary N) is 1. The summed E-state index contributed by atoms with van der Waals surface area (Å²) in [5.41, 5.74) is -1.51. The third kappa shape index (κ3) is 5.06. The Morgan fingerprint density at radius 3 is 2.42 bits per heavy atom. The van der Waals surface area contributed by atoms with Gasteiger partial charge in [-0.1, -0.05) is 45.4 Å². The molecule has 0 aromatic heterocycles. The van der Waals surface area contributed by atoms with Crippen LogP contribution in [0.3, 0.4) is 0 Å². The number of unbranched alkanes of at least 4 members (excludes halogenated alkanes) is 1. The number of carboxylic acids is 1. The zero-order chi connectivity index (χ0) is 23.2. The molecule has 1 amide bonds. The fourth-order valence-corrected chi connectivity index (χ4v) is 4.69. The molecule has 0 aliphatic carbocycles. The number of likely N-dealkylation sites (N-methyl/N-ethyl adjacent to an activating group) is 1. The first-order valence-corrected chi connectivity index (χ1v) is 11.8. The van der Waals surface area contributed by atoms with E-state index in [0.717, 1.165) is 25.0 Å². The van der Waals surface area contributed by atoms with Crippen molar-refractivity contribution in [3.8, 4) is 0 Å². The van der Waals surface area contributed by atoms with Crippen molar-refractivity contribution in [2.24, 2.45) is 5.41 Å². The molecule has 1 unspecified atom stereocenters. The summed E-state index contributed by atoms with van der Waals surface area (Å²) in [6.07, 6.45) is 5.36. The first-order chi connectivity index (χ1) is 14.6. The van der Waals surface area contributed by atoms with Crippen LogP contribution in [0.5, 0.6) is 0 Å². The van der Waals surface area contributed by atoms with E-state index in [4.69, 9.17) is 4.74 Å². The summed E-state index contributed by atoms with van der Waals surface area (Å²) >= 11 is 1.79. The van der Waals surface area contributed by atoms with Gasteiger partial charge in [0.05, 0.1) is 5.56 Å². The maximum atomic E-state index is 13.3. The molecule has 1 aromatic rings. The Bertz CT molecular complexity index is 853. The monoisotopic (exact) mass is 448 g/mol. The minimum Gasteiger partial charge on any atom is -0.476 e. The van der Waals surface area contributed by atoms with Crippen LogP contribution >= 0.6 is 11.8 Å². The van der Waals surface area contributed by atoms with E-state index in [2.05, 4.69) is 11.6 Å². The third-order valence-electron chi connectivity index (χ3n) is 6.08. The van der Waals surface area contributed by atoms with E-state index in [9.17, 15) is 19.5 Å². The second kappa shape index (κ2) is 10.2. The molecule has 1 heterocycles. The smallest absolute Gasteiger partial charge is 0.356 e. The Balaban J connectivity index is 2.41. The van der Waals surface area contributed by atoms with Gasteiger partial charge in [0.2, 0.25) is 5.76 Å². The molecule has 31 heavy (non-hydrogen) atoms. The normalized spacial score (nSPS) is 19.3. The van der Waals surface area contributed by atoms with Crippen LogP contribution in [0, 0.1) is 5.41 Å². The molecule has 8 heteroatoms. The second-order valence-electron chi connectivity index (χ2n) is 8.30. The van der Waals surface area contributed by atoms with Crippen LogP contribution in [0.15, 0.2) is 41.8 Å². The van der Waals surface area contributed by atoms with Gasteiger partial charge < -0.3 is 20.1 Å². The van der Waals surface area contributed by atoms with Gasteiger partial charge >= 0.3 is 11.9 Å². The molecule has 2 N–H and O–H groups in total. The molecule has 0 saturated heterocycles. The summed E-state index contributed by atoms with van der Waals surface area (Å²) in [6.45, 7) is 5.99. The van der Waals surface area contributed by atoms with Gasteiger partial charge in [-0.3, -0.25) is 4.79 Å². The van der Waals surface area contributed by atoms with Crippen molar-refractivity contribution in [1.29, 1.82) is 0 Å². The fraction of sp³-hybridized carbons (Fsp3) is 0.522. The maximum Gasteiger partial charge on any atom is 0.356 e. The Hall–Kier alpha value is -2.48. The number of amides is 1. The highest BCUT2D eigenvalue weighted by Crippen LogP contribution is 2.43. The van der Waals surface area contributed by atoms with E-state index in [0.29, 0.717) is 6.42 Å². The number of nitrogens with zero attached hydrogens (tertiary/aromatic N) is 1. The first-order valence-electron chi connectivity index (χ1n) is 10.4. The van der Waals surface area contributed by atoms with E-state index in [-0.39, 0.29) is 11.3 Å². The molecule has 1 aromatic carbocycles. The number of rotatable bonds is 10. The minimum absolute atomic E-state index is 0.233. The molecule has 0 saturated carbocycles. The molecule has 0 spiro atoms. The van der Waals surface area contributed by atoms with Gasteiger partial charge in [0.1, 0.15) is 5.66 Å². The van der Waals surface area contributed by atoms with E-state index in [1.165, 1.54) is 4.90 Å². The number of hydrogen-bond acceptors (Lipinski definition) is 6. The van der Waals surface area contributed by atoms with Gasteiger partial charge in [-0.25, -0.2) is 9.59 Å². The lowest BCUT2D eigenvalue weighted by Crippen LogP contribution is -2.70. The Kier molecular flexibility index (Phi) is 8.17. The Morgan fingerprint density at radius 1 is 1.23 bits per heavy atom. The van der Waals surface area contributed by atoms with Crippen molar-refractivity contribution in [3.05, 3.63) is 47.4 Å². The van der Waals surface area contributed by atoms with E-state index >= 15 is 0 Å². The highest BCUT2D eigenvalue weighted by molar-refractivity contribution is 7.98. The zero-order valence-electron chi connectivity index (χ0n) is 18.9. The lowest BCUT2D eigenvalue weighted by molar-refractivity contribution is -0.150. The number of carbonyl (C=O) groups is 3. The number of esters is 1. The molecule has 1 atom stereocenters. The Labute approximate surface area is 188 Å². The van der Waals surface area contributed by atoms with Crippen LogP contribution in [-0.4, -0.2) is 52.6 Å². The average Bonchev–Trinajstić information content (AvgIpc) is 2.75. The van der Waals surface area contributed by atoms with Crippen LogP contribution < -0.4 is 5.32 Å². The molecule has 170 valence electrons. The topological polar surface area (TPSA) is 95.9 Å². The average molecular weight is 449 g/mol. The first kappa shape index (κ1) is 24.8. The summed E-state index contributed by atoms with van der Waals surface area (Å²) in [5.74, 6) is -2.19. The van der Waals surface area contributed by atoms with Gasteiger partial charge in [0, 0.05) is 12.5 Å². The molecule has 0 bridgehead atoms. The molecule has 1 aliphatic heterocycles. The Morgan fingerprint density at radius 2 is 1.87 bits per heavy atom. The summed E-state index contributed by atoms with van der Waals surface area (Å²) < 4.78 is 5.30. The summed E-state index contributed by atoms with van der Waals surface area (Å²) in [6, 6.07) is 8.16. The SMILES string of the molecule is CCC1(C(C)(C)CCCCSC)NC(C(=O)O)=C(OC(=O)c2ccccc2)C(=O)N1C. The summed E-state index contributed by atoms with van der Waals surface area (Å²) in [5, 5.41) is 12.9. The second-order valence-corrected chi connectivity index (χ2v) is 9.29. The van der Waals surface area contributed by atoms with Crippen molar-refractivity contribution >= 4 is 29.6 Å². The number of carboxylic acid groups (broad SMARTS) is 1. The van der Waals surface area contributed by atoms with Crippen LogP contribution in [0.2, 0.25) is 0 Å². The van der Waals surface area contributed by atoms with Gasteiger partial charge in [-0.2, -0.15) is 11.8 Å². The van der Waals surface area contributed by atoms with Crippen molar-refractivity contribution in [3.63, 3.8) is 0 Å². The standard InChI is InChI=1S/C23H32N2O5S/c1-6-23(22(2,3)14-10-11-15-31-5)24-17(20(27)28)18(19(26)25(23)4)30-21(29)16-12-8-7-9-13-16/h7-9,12-13,24H,6,10-11,14-15H2,1-5H3,(H,27,28). The largest absolute Gasteiger partial charge is 0.476 e. The maximum absolute atomic E-state index is 13.3. The van der Waals surface area contributed by atoms with Gasteiger partial charge in [0.25, 0.3) is 5.91 Å². The van der Waals surface area contributed by atoms with Crippen molar-refractivity contribution < 1.29 is 24.2 Å². The number of hydrogen-bond donors (Lipinski definition) is 2. The van der Waals surface area contributed by atoms with Crippen LogP contribution in [0.25, 0.3) is 0 Å². The highest BCUT2D eigenvalue weighted by atomic mass is 32.2. The fourth-order valence-electron chi connectivity index (χ4n) is 4.20. The molecule has 1 aliphatic rings. The van der Waals surface area contributed by atoms with Crippen molar-refractivity contribution in [1.82, 2.24) is 10.2 Å². The quantitative estimate of drug-likeness (QED) is 0.414. The molecule has 2 rings (SSSR count). The zero-order valence-corrected chi connectivity index (χ0v) is 19.7. The molecular weight excluding hydrogens is 416 g/mol. The lowest BCUT2D eigenvalue weighted by atomic mass is 9.71. The lowest BCUT2D eigenvalue weighted by Gasteiger charge is -2.54. The van der Waals surface area contributed by atoms with Crippen LogP contribution in [0.1, 0.15) is 56.8 Å². The van der Waals surface area contributed by atoms with Gasteiger partial charge in [-0.05, 0) is 43.4 Å². The summed E-state index contributed by atoms with van der Waals surface area (Å²) in [7, 11) is 1.62. The van der Waals surface area contributed by atoms with Crippen molar-refractivity contribution in [2.75, 3.05) is 19.1 Å². The van der Waals surface area contributed by atoms with Gasteiger partial charge in [-0.15, -0.1) is 0 Å². The molecule has 0 radical (unpaired) electrons. The van der Waals surface area contributed by atoms with Crippen molar-refractivity contribution in [2.45, 2.75) is 52.1 Å². The molecular formula is C23H32N2O5S. The summed E-state index contributed by atoms with van der Waals surface area (Å²) in [4.78, 5) is 39.4. The number of aliphatic carboxylic acids is 1. The third-order valence-corrected chi connectivity index (χ3v) is 6.78. The van der Waals surface area contributed by atoms with Crippen LogP contribution in [-0.2, 0) is 14.3 Å². The number of ether oxygens (including phenoxy) is 1. The predicted octanol–water partition coefficient (Wildman–Crippen LogP) is 3.87. The minimum atomic E-state index is -1.34. The number of benzene rings is 1. The number of thioether (sulfide) groups is 1.